The third-order valence-corrected chi connectivity index (χ3v) is 3.52. The van der Waals surface area contributed by atoms with Gasteiger partial charge in [0.15, 0.2) is 0 Å². The highest BCUT2D eigenvalue weighted by Crippen LogP contribution is 2.29. The molecule has 0 fully saturated rings. The number of hydrogen-bond acceptors (Lipinski definition) is 4. The van der Waals surface area contributed by atoms with Crippen molar-refractivity contribution in [3.05, 3.63) is 59.6 Å². The van der Waals surface area contributed by atoms with Crippen molar-refractivity contribution in [2.24, 2.45) is 0 Å². The number of rotatable bonds is 4. The van der Waals surface area contributed by atoms with Crippen LogP contribution < -0.4 is 15.8 Å². The predicted octanol–water partition coefficient (Wildman–Crippen LogP) is 4.46. The largest absolute Gasteiger partial charge is 0.495 e. The van der Waals surface area contributed by atoms with E-state index in [4.69, 9.17) is 22.1 Å². The van der Waals surface area contributed by atoms with Crippen LogP contribution in [0.3, 0.4) is 0 Å². The molecule has 3 aromatic rings. The summed E-state index contributed by atoms with van der Waals surface area (Å²) in [5.41, 5.74) is 10.2. The van der Waals surface area contributed by atoms with Gasteiger partial charge in [0.2, 0.25) is 5.95 Å². The van der Waals surface area contributed by atoms with Crippen molar-refractivity contribution in [3.63, 3.8) is 0 Å². The maximum atomic E-state index is 7.79. The molecule has 0 aliphatic rings. The zero-order valence-corrected chi connectivity index (χ0v) is 13.1. The molecule has 0 spiro atoms. The molecule has 0 saturated carbocycles. The lowest BCUT2D eigenvalue weighted by atomic mass is 10.1. The van der Waals surface area contributed by atoms with E-state index in [1.54, 1.807) is 25.3 Å². The second-order valence-corrected chi connectivity index (χ2v) is 5.21. The summed E-state index contributed by atoms with van der Waals surface area (Å²) in [5, 5.41) is 3.64. The van der Waals surface area contributed by atoms with Gasteiger partial charge in [-0.25, -0.2) is 4.98 Å². The van der Waals surface area contributed by atoms with Gasteiger partial charge in [0.05, 0.1) is 17.8 Å². The van der Waals surface area contributed by atoms with E-state index in [1.807, 2.05) is 36.4 Å². The molecule has 5 nitrogen and oxygen atoms in total. The first-order valence-corrected chi connectivity index (χ1v) is 7.30. The number of nitrogens with zero attached hydrogens (tertiary/aromatic N) is 2. The smallest absolute Gasteiger partial charge is 0.244 e. The van der Waals surface area contributed by atoms with Gasteiger partial charge >= 0.3 is 0 Å². The van der Waals surface area contributed by atoms with Crippen LogP contribution in [0.1, 0.15) is 0 Å². The molecule has 0 unspecified atom stereocenters. The Morgan fingerprint density at radius 1 is 1.04 bits per heavy atom. The summed E-state index contributed by atoms with van der Waals surface area (Å²) < 4.78 is 5.13. The zero-order chi connectivity index (χ0) is 16.2. The van der Waals surface area contributed by atoms with E-state index in [0.29, 0.717) is 22.3 Å². The second-order valence-electron chi connectivity index (χ2n) is 4.80. The van der Waals surface area contributed by atoms with Gasteiger partial charge in [0.1, 0.15) is 11.6 Å². The maximum absolute atomic E-state index is 7.79. The quantitative estimate of drug-likeness (QED) is 0.768. The Morgan fingerprint density at radius 2 is 1.83 bits per heavy atom. The van der Waals surface area contributed by atoms with Crippen LogP contribution in [0, 0.1) is 0 Å². The first kappa shape index (κ1) is 15.1. The van der Waals surface area contributed by atoms with E-state index in [-0.39, 0.29) is 5.95 Å². The molecule has 3 rings (SSSR count). The number of anilines is 2. The normalized spacial score (nSPS) is 10.3. The van der Waals surface area contributed by atoms with Crippen molar-refractivity contribution >= 4 is 29.1 Å². The highest BCUT2D eigenvalue weighted by atomic mass is 35.5. The fourth-order valence-electron chi connectivity index (χ4n) is 2.16. The minimum absolute atomic E-state index is 0.0477. The van der Waals surface area contributed by atoms with Gasteiger partial charge in [-0.05, 0) is 18.2 Å². The fraction of sp³-hybridized carbons (Fsp3) is 0.0588. The Bertz CT molecular complexity index is 824. The Morgan fingerprint density at radius 3 is 2.52 bits per heavy atom. The molecule has 0 aliphatic heterocycles. The van der Waals surface area contributed by atoms with Gasteiger partial charge in [-0.3, -0.25) is 5.73 Å². The van der Waals surface area contributed by atoms with Crippen LogP contribution in [0.5, 0.6) is 5.75 Å². The van der Waals surface area contributed by atoms with Crippen molar-refractivity contribution in [1.29, 1.82) is 0 Å². The van der Waals surface area contributed by atoms with Crippen LogP contribution in [0.2, 0.25) is 5.02 Å². The average molecular weight is 326 g/mol. The first-order chi connectivity index (χ1) is 11.2. The molecule has 6 heteroatoms. The summed E-state index contributed by atoms with van der Waals surface area (Å²) >= 11 is 6.12. The van der Waals surface area contributed by atoms with Crippen LogP contribution in [0.15, 0.2) is 54.6 Å². The number of hydrogen-bond donors (Lipinski definition) is 1. The van der Waals surface area contributed by atoms with E-state index in [0.717, 1.165) is 11.3 Å². The van der Waals surface area contributed by atoms with E-state index in [2.05, 4.69) is 15.3 Å². The zero-order valence-electron chi connectivity index (χ0n) is 12.4. The molecule has 1 radical (unpaired) electrons. The number of methoxy groups -OCH3 is 1. The van der Waals surface area contributed by atoms with E-state index in [1.165, 1.54) is 0 Å². The molecule has 2 aromatic carbocycles. The SMILES string of the molecule is COc1ccc(Nc2cc(-c3ccccc3)nc([NH])n2)cc1Cl. The monoisotopic (exact) mass is 325 g/mol. The highest BCUT2D eigenvalue weighted by molar-refractivity contribution is 6.32. The second kappa shape index (κ2) is 6.54. The van der Waals surface area contributed by atoms with E-state index >= 15 is 0 Å². The number of halogens is 1. The molecular weight excluding hydrogens is 312 g/mol. The number of nitrogens with one attached hydrogen (secondary N) is 2. The lowest BCUT2D eigenvalue weighted by molar-refractivity contribution is 0.415. The lowest BCUT2D eigenvalue weighted by Gasteiger charge is -2.10. The van der Waals surface area contributed by atoms with Crippen LogP contribution in [-0.4, -0.2) is 17.1 Å². The molecule has 0 bridgehead atoms. The van der Waals surface area contributed by atoms with Crippen molar-refractivity contribution in [3.8, 4) is 17.0 Å². The summed E-state index contributed by atoms with van der Waals surface area (Å²) in [7, 11) is 1.57. The van der Waals surface area contributed by atoms with Gasteiger partial charge in [0.25, 0.3) is 0 Å². The number of benzene rings is 2. The molecule has 1 heterocycles. The first-order valence-electron chi connectivity index (χ1n) is 6.92. The Balaban J connectivity index is 1.91. The molecule has 0 saturated heterocycles. The van der Waals surface area contributed by atoms with Crippen molar-refractivity contribution < 1.29 is 4.74 Å². The Labute approximate surface area is 139 Å². The van der Waals surface area contributed by atoms with Crippen LogP contribution in [-0.2, 0) is 0 Å². The minimum atomic E-state index is -0.0477. The van der Waals surface area contributed by atoms with Crippen molar-refractivity contribution in [2.45, 2.75) is 0 Å². The van der Waals surface area contributed by atoms with Crippen LogP contribution in [0.4, 0.5) is 17.5 Å². The van der Waals surface area contributed by atoms with Crippen molar-refractivity contribution in [1.82, 2.24) is 15.7 Å². The maximum Gasteiger partial charge on any atom is 0.244 e. The third-order valence-electron chi connectivity index (χ3n) is 3.22. The van der Waals surface area contributed by atoms with Gasteiger partial charge in [-0.1, -0.05) is 41.9 Å². The standard InChI is InChI=1S/C17H14ClN4O/c1-23-15-8-7-12(9-13(15)18)20-16-10-14(21-17(19)22-16)11-5-3-2-4-6-11/h2-10,19H,1H3,(H,20,21,22). The van der Waals surface area contributed by atoms with Gasteiger partial charge in [-0.15, -0.1) is 0 Å². The summed E-state index contributed by atoms with van der Waals surface area (Å²) in [6, 6.07) is 16.8. The number of ether oxygens (including phenoxy) is 1. The summed E-state index contributed by atoms with van der Waals surface area (Å²) in [6.45, 7) is 0. The third kappa shape index (κ3) is 3.52. The van der Waals surface area contributed by atoms with Gasteiger partial charge in [0, 0.05) is 17.3 Å². The molecule has 2 N–H and O–H groups in total. The topological polar surface area (TPSA) is 70.8 Å². The molecule has 1 aromatic heterocycles. The minimum Gasteiger partial charge on any atom is -0.495 e. The molecular formula is C17H14ClN4O. The molecule has 23 heavy (non-hydrogen) atoms. The summed E-state index contributed by atoms with van der Waals surface area (Å²) in [6.07, 6.45) is 0. The summed E-state index contributed by atoms with van der Waals surface area (Å²) in [4.78, 5) is 8.26. The van der Waals surface area contributed by atoms with Crippen LogP contribution >= 0.6 is 11.6 Å². The predicted molar refractivity (Wildman–Crippen MR) is 91.5 cm³/mol. The Kier molecular flexibility index (Phi) is 4.30. The van der Waals surface area contributed by atoms with Crippen LogP contribution in [0.25, 0.3) is 11.3 Å². The summed E-state index contributed by atoms with van der Waals surface area (Å²) in [5.74, 6) is 1.09. The molecule has 0 amide bonds. The molecule has 0 aliphatic carbocycles. The van der Waals surface area contributed by atoms with E-state index in [9.17, 15) is 0 Å². The highest BCUT2D eigenvalue weighted by Gasteiger charge is 2.07. The lowest BCUT2D eigenvalue weighted by Crippen LogP contribution is -1.98. The average Bonchev–Trinajstić information content (AvgIpc) is 2.55. The fourth-order valence-corrected chi connectivity index (χ4v) is 2.42. The Hall–Kier alpha value is -2.79. The number of aromatic nitrogens is 2. The molecule has 115 valence electrons. The van der Waals surface area contributed by atoms with Crippen molar-refractivity contribution in [2.75, 3.05) is 12.4 Å². The van der Waals surface area contributed by atoms with Gasteiger partial charge < -0.3 is 10.1 Å². The van der Waals surface area contributed by atoms with Gasteiger partial charge in [-0.2, -0.15) is 4.98 Å². The van der Waals surface area contributed by atoms with E-state index < -0.39 is 0 Å². The molecule has 0 atom stereocenters.